The van der Waals surface area contributed by atoms with Crippen molar-refractivity contribution in [1.29, 1.82) is 0 Å². The lowest BCUT2D eigenvalue weighted by atomic mass is 9.81. The van der Waals surface area contributed by atoms with Gasteiger partial charge in [0.1, 0.15) is 24.1 Å². The number of carbonyl (C=O) groups excluding carboxylic acids is 1. The molecule has 0 aromatic rings. The topological polar surface area (TPSA) is 130 Å². The molecule has 0 amide bonds. The van der Waals surface area contributed by atoms with E-state index < -0.39 is 23.8 Å². The van der Waals surface area contributed by atoms with Crippen LogP contribution in [0.5, 0.6) is 0 Å². The number of Topliss-reactive ketones (excluding diaryl/α,β-unsaturated/α-hetero) is 1. The molecular formula is C44H66O12. The average molecular weight is 787 g/mol. The summed E-state index contributed by atoms with van der Waals surface area (Å²) >= 11 is 0. The van der Waals surface area contributed by atoms with Gasteiger partial charge in [0.05, 0.1) is 79.9 Å². The zero-order valence-electron chi connectivity index (χ0n) is 34.1. The molecular weight excluding hydrogens is 720 g/mol. The Balaban J connectivity index is 0.988. The number of fused-ring (bicyclic) bond motifs is 8. The number of hydrogen-bond donors (Lipinski definition) is 1. The summed E-state index contributed by atoms with van der Waals surface area (Å²) < 4.78 is 65.6. The van der Waals surface area contributed by atoms with Crippen molar-refractivity contribution in [2.24, 2.45) is 17.8 Å². The van der Waals surface area contributed by atoms with Gasteiger partial charge in [0, 0.05) is 57.5 Å². The van der Waals surface area contributed by atoms with Crippen LogP contribution < -0.4 is 0 Å². The maximum absolute atomic E-state index is 14.2. The molecule has 19 atom stereocenters. The van der Waals surface area contributed by atoms with Crippen molar-refractivity contribution in [3.8, 4) is 0 Å². The Morgan fingerprint density at radius 3 is 2.32 bits per heavy atom. The highest BCUT2D eigenvalue weighted by Gasteiger charge is 2.62. The predicted molar refractivity (Wildman–Crippen MR) is 203 cm³/mol. The Morgan fingerprint density at radius 1 is 0.768 bits per heavy atom. The van der Waals surface area contributed by atoms with Crippen LogP contribution in [0, 0.1) is 17.8 Å². The molecule has 5 unspecified atom stereocenters. The van der Waals surface area contributed by atoms with Crippen molar-refractivity contribution >= 4 is 5.78 Å². The lowest BCUT2D eigenvalue weighted by Crippen LogP contribution is -2.63. The minimum Gasteiger partial charge on any atom is -0.378 e. The predicted octanol–water partition coefficient (Wildman–Crippen LogP) is 5.50. The van der Waals surface area contributed by atoms with Crippen molar-refractivity contribution in [2.45, 2.75) is 214 Å². The Morgan fingerprint density at radius 2 is 1.54 bits per heavy atom. The molecule has 9 aliphatic rings. The van der Waals surface area contributed by atoms with Crippen LogP contribution in [0.4, 0.5) is 0 Å². The van der Waals surface area contributed by atoms with Gasteiger partial charge >= 0.3 is 0 Å². The molecule has 0 aromatic carbocycles. The van der Waals surface area contributed by atoms with E-state index in [0.29, 0.717) is 51.6 Å². The lowest BCUT2D eigenvalue weighted by molar-refractivity contribution is -0.318. The number of carbonyl (C=O) groups is 1. The van der Waals surface area contributed by atoms with Gasteiger partial charge in [0.25, 0.3) is 0 Å². The zero-order valence-corrected chi connectivity index (χ0v) is 34.1. The van der Waals surface area contributed by atoms with Gasteiger partial charge < -0.3 is 52.5 Å². The van der Waals surface area contributed by atoms with Gasteiger partial charge in [0.2, 0.25) is 0 Å². The fourth-order valence-electron chi connectivity index (χ4n) is 11.8. The summed E-state index contributed by atoms with van der Waals surface area (Å²) in [5.74, 6) is -1.72. The Labute approximate surface area is 332 Å². The molecule has 12 heteroatoms. The van der Waals surface area contributed by atoms with E-state index in [2.05, 4.69) is 27.0 Å². The summed E-state index contributed by atoms with van der Waals surface area (Å²) in [5, 5.41) is 12.2. The Kier molecular flexibility index (Phi) is 11.2. The monoisotopic (exact) mass is 786 g/mol. The van der Waals surface area contributed by atoms with Crippen LogP contribution in [-0.4, -0.2) is 128 Å². The summed E-state index contributed by atoms with van der Waals surface area (Å²) in [7, 11) is 1.72. The van der Waals surface area contributed by atoms with Crippen LogP contribution >= 0.6 is 0 Å². The van der Waals surface area contributed by atoms with Crippen molar-refractivity contribution in [3.63, 3.8) is 0 Å². The van der Waals surface area contributed by atoms with E-state index in [4.69, 9.17) is 47.4 Å². The SMILES string of the molecule is C=C1C[C@@H]2CCC3(O)C[C@H]4OC5C(O3)[C@H]3O[C@H](CC[C@@H]3O[C@H]5C4C)CC(=O)C[C@@H]3[C@@H](OC)[C@@H](C[C@H]4COC(C)(C)O4)O[C@H]3C[C@H]3O[C@@H](CCC1O2)C[C@@H](C)C3=C. The zero-order chi connectivity index (χ0) is 39.1. The van der Waals surface area contributed by atoms with E-state index in [-0.39, 0.29) is 109 Å². The molecule has 0 aromatic heterocycles. The largest absolute Gasteiger partial charge is 0.378 e. The average Bonchev–Trinajstić information content (AvgIpc) is 3.84. The molecule has 9 rings (SSSR count). The van der Waals surface area contributed by atoms with E-state index in [1.165, 1.54) is 0 Å². The maximum Gasteiger partial charge on any atom is 0.168 e. The second-order valence-corrected chi connectivity index (χ2v) is 19.3. The van der Waals surface area contributed by atoms with Crippen LogP contribution in [0.3, 0.4) is 0 Å². The quantitative estimate of drug-likeness (QED) is 0.363. The maximum atomic E-state index is 14.2. The molecule has 9 aliphatic heterocycles. The second kappa shape index (κ2) is 15.6. The first kappa shape index (κ1) is 40.1. The number of ketones is 1. The normalized spacial score (nSPS) is 52.1. The Hall–Kier alpha value is -1.29. The smallest absolute Gasteiger partial charge is 0.168 e. The standard InChI is InChI=1S/C44H66O12/c1-22-14-27-8-10-32-23(2)15-29(49-32)12-13-44(46)20-37-25(4)38-41(54-37)42(56-44)40-33(53-38)11-9-28(51-40)16-26(45)17-31-35(19-34(50-27)24(22)3)52-36(39(31)47-7)18-30-21-48-43(5,6)55-30/h22,25,27-42,46H,2-3,8-21H2,1,4-7H3/t22-,25?,27+,28-,29+,30+,31+,32?,33+,34-,35+,36-,37-,38+,39-,40+,41?,42?,44?/m1/s1. The van der Waals surface area contributed by atoms with Crippen LogP contribution in [0.2, 0.25) is 0 Å². The molecule has 0 spiro atoms. The van der Waals surface area contributed by atoms with Gasteiger partial charge in [0.15, 0.2) is 11.6 Å². The van der Waals surface area contributed by atoms with E-state index in [9.17, 15) is 9.90 Å². The summed E-state index contributed by atoms with van der Waals surface area (Å²) in [4.78, 5) is 14.2. The molecule has 9 fully saturated rings. The van der Waals surface area contributed by atoms with Crippen LogP contribution in [0.25, 0.3) is 0 Å². The highest BCUT2D eigenvalue weighted by Crippen LogP contribution is 2.50. The molecule has 10 bridgehead atoms. The number of methoxy groups -OCH3 is 1. The molecule has 314 valence electrons. The highest BCUT2D eigenvalue weighted by molar-refractivity contribution is 5.79. The van der Waals surface area contributed by atoms with Crippen LogP contribution in [0.15, 0.2) is 24.3 Å². The van der Waals surface area contributed by atoms with Gasteiger partial charge in [-0.15, -0.1) is 0 Å². The van der Waals surface area contributed by atoms with Crippen LogP contribution in [-0.2, 0) is 52.2 Å². The Bertz CT molecular complexity index is 1490. The fraction of sp³-hybridized carbons (Fsp3) is 0.886. The van der Waals surface area contributed by atoms with Gasteiger partial charge in [-0.2, -0.15) is 0 Å². The summed E-state index contributed by atoms with van der Waals surface area (Å²) in [6.07, 6.45) is 4.62. The second-order valence-electron chi connectivity index (χ2n) is 19.3. The summed E-state index contributed by atoms with van der Waals surface area (Å²) in [6.45, 7) is 17.7. The van der Waals surface area contributed by atoms with Crippen molar-refractivity contribution < 1.29 is 57.3 Å². The molecule has 0 saturated carbocycles. The van der Waals surface area contributed by atoms with Crippen LogP contribution in [0.1, 0.15) is 111 Å². The highest BCUT2D eigenvalue weighted by atomic mass is 16.7. The number of hydrogen-bond acceptors (Lipinski definition) is 12. The van der Waals surface area contributed by atoms with E-state index in [1.54, 1.807) is 7.11 Å². The third-order valence-electron chi connectivity index (χ3n) is 14.8. The molecule has 9 heterocycles. The molecule has 0 aliphatic carbocycles. The van der Waals surface area contributed by atoms with Crippen molar-refractivity contribution in [2.75, 3.05) is 13.7 Å². The van der Waals surface area contributed by atoms with Gasteiger partial charge in [-0.1, -0.05) is 27.0 Å². The van der Waals surface area contributed by atoms with E-state index >= 15 is 0 Å². The summed E-state index contributed by atoms with van der Waals surface area (Å²) in [5.41, 5.74) is 2.18. The fourth-order valence-corrected chi connectivity index (χ4v) is 11.8. The first-order valence-corrected chi connectivity index (χ1v) is 21.8. The summed E-state index contributed by atoms with van der Waals surface area (Å²) in [6, 6.07) is 0. The minimum atomic E-state index is -1.39. The third kappa shape index (κ3) is 7.88. The van der Waals surface area contributed by atoms with Gasteiger partial charge in [-0.3, -0.25) is 4.79 Å². The molecule has 12 nitrogen and oxygen atoms in total. The lowest BCUT2D eigenvalue weighted by Gasteiger charge is -2.50. The third-order valence-corrected chi connectivity index (χ3v) is 14.8. The number of aliphatic hydroxyl groups is 1. The minimum absolute atomic E-state index is 0.0385. The molecule has 1 N–H and O–H groups in total. The molecule has 56 heavy (non-hydrogen) atoms. The van der Waals surface area contributed by atoms with E-state index in [0.717, 1.165) is 43.3 Å². The first-order chi connectivity index (χ1) is 26.7. The van der Waals surface area contributed by atoms with E-state index in [1.807, 2.05) is 13.8 Å². The van der Waals surface area contributed by atoms with Crippen molar-refractivity contribution in [1.82, 2.24) is 0 Å². The van der Waals surface area contributed by atoms with Gasteiger partial charge in [-0.25, -0.2) is 0 Å². The first-order valence-electron chi connectivity index (χ1n) is 21.8. The molecule has 0 radical (unpaired) electrons. The number of ether oxygens (including phenoxy) is 10. The van der Waals surface area contributed by atoms with Crippen molar-refractivity contribution in [3.05, 3.63) is 24.3 Å². The van der Waals surface area contributed by atoms with Gasteiger partial charge in [-0.05, 0) is 75.9 Å². The number of rotatable bonds is 3. The molecule has 9 saturated heterocycles.